The van der Waals surface area contributed by atoms with E-state index in [-0.39, 0.29) is 40.5 Å². The van der Waals surface area contributed by atoms with Crippen molar-refractivity contribution >= 4 is 38.8 Å². The van der Waals surface area contributed by atoms with Crippen molar-refractivity contribution in [3.63, 3.8) is 0 Å². The van der Waals surface area contributed by atoms with Crippen LogP contribution in [0.2, 0.25) is 0 Å². The summed E-state index contributed by atoms with van der Waals surface area (Å²) in [4.78, 5) is 19.2. The van der Waals surface area contributed by atoms with Crippen LogP contribution in [-0.2, 0) is 6.42 Å². The number of nitrogen functional groups attached to an aromatic ring is 1. The lowest BCUT2D eigenvalue weighted by Gasteiger charge is -2.29. The van der Waals surface area contributed by atoms with Crippen LogP contribution < -0.4 is 16.0 Å². The van der Waals surface area contributed by atoms with Crippen molar-refractivity contribution in [1.82, 2.24) is 10.3 Å². The van der Waals surface area contributed by atoms with E-state index in [4.69, 9.17) is 5.73 Å². The number of piperidine rings is 1. The van der Waals surface area contributed by atoms with Crippen LogP contribution in [0.1, 0.15) is 40.2 Å². The fourth-order valence-electron chi connectivity index (χ4n) is 3.81. The van der Waals surface area contributed by atoms with Gasteiger partial charge in [0, 0.05) is 31.1 Å². The maximum absolute atomic E-state index is 14.6. The molecule has 0 atom stereocenters. The number of carbonyl (C=O) groups excluding carboxylic acids is 1. The summed E-state index contributed by atoms with van der Waals surface area (Å²) in [5.74, 6) is -1.89. The number of rotatable bonds is 5. The van der Waals surface area contributed by atoms with Gasteiger partial charge in [0.05, 0.1) is 17.1 Å². The molecule has 1 amide bonds. The SMILES string of the molecule is Cc1nc2sc(C(=O)NCCc3cc(F)c(N4CCCCC4)cc3F)c(N)c2cc1F. The third-order valence-electron chi connectivity index (χ3n) is 5.55. The molecule has 3 heterocycles. The molecule has 1 aliphatic rings. The number of amides is 1. The van der Waals surface area contributed by atoms with Crippen LogP contribution in [0.3, 0.4) is 0 Å². The molecule has 164 valence electrons. The molecule has 31 heavy (non-hydrogen) atoms. The van der Waals surface area contributed by atoms with Gasteiger partial charge in [0.1, 0.15) is 27.2 Å². The highest BCUT2D eigenvalue weighted by atomic mass is 32.1. The van der Waals surface area contributed by atoms with Gasteiger partial charge in [0.2, 0.25) is 0 Å². The highest BCUT2D eigenvalue weighted by Crippen LogP contribution is 2.33. The normalized spacial score (nSPS) is 14.3. The van der Waals surface area contributed by atoms with E-state index in [1.165, 1.54) is 25.1 Å². The van der Waals surface area contributed by atoms with Gasteiger partial charge in [-0.25, -0.2) is 18.2 Å². The molecular formula is C22H23F3N4OS. The number of benzene rings is 1. The molecule has 5 nitrogen and oxygen atoms in total. The van der Waals surface area contributed by atoms with Gasteiger partial charge < -0.3 is 16.0 Å². The van der Waals surface area contributed by atoms with Gasteiger partial charge in [-0.05, 0) is 50.3 Å². The first-order valence-electron chi connectivity index (χ1n) is 10.2. The summed E-state index contributed by atoms with van der Waals surface area (Å²) >= 11 is 1.07. The van der Waals surface area contributed by atoms with E-state index < -0.39 is 23.4 Å². The number of aromatic nitrogens is 1. The molecule has 4 rings (SSSR count). The number of pyridine rings is 1. The number of thiophene rings is 1. The molecule has 1 fully saturated rings. The minimum atomic E-state index is -0.493. The van der Waals surface area contributed by atoms with Gasteiger partial charge in [-0.3, -0.25) is 4.79 Å². The topological polar surface area (TPSA) is 71.2 Å². The highest BCUT2D eigenvalue weighted by Gasteiger charge is 2.20. The maximum atomic E-state index is 14.6. The molecule has 9 heteroatoms. The minimum absolute atomic E-state index is 0.104. The molecule has 0 spiro atoms. The molecule has 1 aromatic carbocycles. The van der Waals surface area contributed by atoms with E-state index in [1.54, 1.807) is 0 Å². The van der Waals surface area contributed by atoms with Gasteiger partial charge in [-0.2, -0.15) is 0 Å². The summed E-state index contributed by atoms with van der Waals surface area (Å²) in [6.45, 7) is 3.09. The van der Waals surface area contributed by atoms with Crippen LogP contribution in [0.25, 0.3) is 10.2 Å². The van der Waals surface area contributed by atoms with E-state index in [9.17, 15) is 18.0 Å². The Morgan fingerprint density at radius 2 is 1.87 bits per heavy atom. The van der Waals surface area contributed by atoms with Crippen LogP contribution in [0.5, 0.6) is 0 Å². The third-order valence-corrected chi connectivity index (χ3v) is 6.66. The van der Waals surface area contributed by atoms with E-state index in [0.717, 1.165) is 43.7 Å². The molecule has 2 aromatic heterocycles. The molecule has 0 saturated carbocycles. The van der Waals surface area contributed by atoms with Gasteiger partial charge in [0.25, 0.3) is 5.91 Å². The molecular weight excluding hydrogens is 425 g/mol. The first-order valence-corrected chi connectivity index (χ1v) is 11.0. The standard InChI is InChI=1S/C22H23F3N4OS/c1-12-15(23)10-14-19(26)20(31-22(14)28-12)21(30)27-6-5-13-9-17(25)18(11-16(13)24)29-7-3-2-4-8-29/h9-11H,2-8,26H2,1H3,(H,27,30). The molecule has 0 aliphatic carbocycles. The Bertz CT molecular complexity index is 1140. The average molecular weight is 449 g/mol. The van der Waals surface area contributed by atoms with Crippen molar-refractivity contribution in [2.24, 2.45) is 0 Å². The van der Waals surface area contributed by atoms with E-state index in [1.807, 2.05) is 4.90 Å². The van der Waals surface area contributed by atoms with Gasteiger partial charge in [-0.1, -0.05) is 0 Å². The third kappa shape index (κ3) is 4.32. The lowest BCUT2D eigenvalue weighted by atomic mass is 10.1. The van der Waals surface area contributed by atoms with Crippen molar-refractivity contribution in [2.75, 3.05) is 30.3 Å². The molecule has 1 saturated heterocycles. The Hall–Kier alpha value is -2.81. The zero-order chi connectivity index (χ0) is 22.1. The lowest BCUT2D eigenvalue weighted by molar-refractivity contribution is 0.0959. The summed E-state index contributed by atoms with van der Waals surface area (Å²) in [7, 11) is 0. The zero-order valence-corrected chi connectivity index (χ0v) is 17.9. The van der Waals surface area contributed by atoms with E-state index in [0.29, 0.717) is 10.2 Å². The van der Waals surface area contributed by atoms with E-state index >= 15 is 0 Å². The summed E-state index contributed by atoms with van der Waals surface area (Å²) in [5, 5.41) is 3.06. The van der Waals surface area contributed by atoms with Crippen LogP contribution in [-0.4, -0.2) is 30.5 Å². The summed E-state index contributed by atoms with van der Waals surface area (Å²) in [5.41, 5.74) is 6.88. The second-order valence-corrected chi connectivity index (χ2v) is 8.70. The monoisotopic (exact) mass is 448 g/mol. The molecule has 0 bridgehead atoms. The molecule has 3 aromatic rings. The quantitative estimate of drug-likeness (QED) is 0.600. The first-order chi connectivity index (χ1) is 14.8. The Kier molecular flexibility index (Phi) is 6.04. The lowest BCUT2D eigenvalue weighted by Crippen LogP contribution is -2.30. The van der Waals surface area contributed by atoms with Crippen LogP contribution in [0, 0.1) is 24.4 Å². The first kappa shape index (κ1) is 21.4. The Morgan fingerprint density at radius 3 is 2.61 bits per heavy atom. The number of fused-ring (bicyclic) bond motifs is 1. The number of nitrogens with two attached hydrogens (primary N) is 1. The van der Waals surface area contributed by atoms with Crippen molar-refractivity contribution in [3.05, 3.63) is 51.8 Å². The number of hydrogen-bond acceptors (Lipinski definition) is 5. The number of nitrogens with zero attached hydrogens (tertiary/aromatic N) is 2. The fourth-order valence-corrected chi connectivity index (χ4v) is 4.85. The predicted molar refractivity (Wildman–Crippen MR) is 117 cm³/mol. The molecule has 0 unspecified atom stereocenters. The zero-order valence-electron chi connectivity index (χ0n) is 17.1. The van der Waals surface area contributed by atoms with Crippen LogP contribution in [0.15, 0.2) is 18.2 Å². The largest absolute Gasteiger partial charge is 0.397 e. The second kappa shape index (κ2) is 8.74. The number of hydrogen-bond donors (Lipinski definition) is 2. The van der Waals surface area contributed by atoms with E-state index in [2.05, 4.69) is 10.3 Å². The van der Waals surface area contributed by atoms with Gasteiger partial charge in [0.15, 0.2) is 0 Å². The minimum Gasteiger partial charge on any atom is -0.397 e. The second-order valence-electron chi connectivity index (χ2n) is 7.70. The van der Waals surface area contributed by atoms with Gasteiger partial charge >= 0.3 is 0 Å². The molecule has 3 N–H and O–H groups in total. The number of aryl methyl sites for hydroxylation is 1. The van der Waals surface area contributed by atoms with Crippen molar-refractivity contribution in [3.8, 4) is 0 Å². The predicted octanol–water partition coefficient (Wildman–Crippen LogP) is 4.57. The number of carbonyl (C=O) groups is 1. The van der Waals surface area contributed by atoms with Crippen molar-refractivity contribution in [1.29, 1.82) is 0 Å². The summed E-state index contributed by atoms with van der Waals surface area (Å²) in [6.07, 6.45) is 3.17. The average Bonchev–Trinajstić information content (AvgIpc) is 3.06. The van der Waals surface area contributed by atoms with Crippen LogP contribution in [0.4, 0.5) is 24.5 Å². The van der Waals surface area contributed by atoms with Gasteiger partial charge in [-0.15, -0.1) is 11.3 Å². The number of anilines is 2. The smallest absolute Gasteiger partial charge is 0.263 e. The number of nitrogens with one attached hydrogen (secondary N) is 1. The summed E-state index contributed by atoms with van der Waals surface area (Å²) in [6, 6.07) is 3.71. The summed E-state index contributed by atoms with van der Waals surface area (Å²) < 4.78 is 42.9. The fraction of sp³-hybridized carbons (Fsp3) is 0.364. The molecule has 1 aliphatic heterocycles. The maximum Gasteiger partial charge on any atom is 0.263 e. The Labute approximate surface area is 182 Å². The highest BCUT2D eigenvalue weighted by molar-refractivity contribution is 7.21. The Morgan fingerprint density at radius 1 is 1.13 bits per heavy atom. The number of halogens is 3. The Balaban J connectivity index is 1.43. The van der Waals surface area contributed by atoms with Crippen molar-refractivity contribution < 1.29 is 18.0 Å². The molecule has 0 radical (unpaired) electrons. The van der Waals surface area contributed by atoms with Crippen molar-refractivity contribution in [2.45, 2.75) is 32.6 Å². The van der Waals surface area contributed by atoms with Crippen LogP contribution >= 0.6 is 11.3 Å².